The lowest BCUT2D eigenvalue weighted by molar-refractivity contribution is -0.130. The van der Waals surface area contributed by atoms with Gasteiger partial charge in [-0.15, -0.1) is 0 Å². The number of carboxylic acids is 1. The molecule has 0 aliphatic carbocycles. The van der Waals surface area contributed by atoms with Crippen molar-refractivity contribution in [1.29, 1.82) is 0 Å². The topological polar surface area (TPSA) is 55.1 Å². The highest BCUT2D eigenvalue weighted by molar-refractivity contribution is 5.87. The van der Waals surface area contributed by atoms with Crippen molar-refractivity contribution in [3.63, 3.8) is 0 Å². The van der Waals surface area contributed by atoms with Gasteiger partial charge in [0.15, 0.2) is 0 Å². The highest BCUT2D eigenvalue weighted by Gasteiger charge is 1.91. The molecule has 11 heavy (non-hydrogen) atoms. The fourth-order valence-corrected chi connectivity index (χ4v) is 0.595. The van der Waals surface area contributed by atoms with Gasteiger partial charge in [0.05, 0.1) is 12.5 Å². The van der Waals surface area contributed by atoms with Gasteiger partial charge in [0.1, 0.15) is 5.69 Å². The number of imidazole rings is 1. The van der Waals surface area contributed by atoms with Crippen molar-refractivity contribution in [3.05, 3.63) is 18.2 Å². The first-order valence-corrected chi connectivity index (χ1v) is 2.91. The average Bonchev–Trinajstić information content (AvgIpc) is 2.31. The molecule has 1 N–H and O–H groups in total. The minimum Gasteiger partial charge on any atom is -0.472 e. The molecule has 0 spiro atoms. The maximum atomic E-state index is 10.0. The third-order valence-corrected chi connectivity index (χ3v) is 1.11. The molecule has 0 unspecified atom stereocenters. The van der Waals surface area contributed by atoms with Crippen molar-refractivity contribution in [3.8, 4) is 11.8 Å². The predicted molar refractivity (Wildman–Crippen MR) is 37.7 cm³/mol. The molecule has 0 amide bonds. The number of rotatable bonds is 0. The zero-order valence-electron chi connectivity index (χ0n) is 5.90. The van der Waals surface area contributed by atoms with E-state index in [0.29, 0.717) is 5.69 Å². The minimum atomic E-state index is -1.13. The second-order valence-corrected chi connectivity index (χ2v) is 1.94. The number of nitrogens with zero attached hydrogens (tertiary/aromatic N) is 2. The Balaban J connectivity index is 2.90. The molecule has 0 aliphatic heterocycles. The lowest BCUT2D eigenvalue weighted by Crippen LogP contribution is -1.91. The van der Waals surface area contributed by atoms with Crippen LogP contribution < -0.4 is 0 Å². The van der Waals surface area contributed by atoms with E-state index in [1.165, 1.54) is 6.20 Å². The van der Waals surface area contributed by atoms with Gasteiger partial charge in [-0.3, -0.25) is 0 Å². The van der Waals surface area contributed by atoms with E-state index in [4.69, 9.17) is 5.11 Å². The number of aliphatic carboxylic acids is 1. The van der Waals surface area contributed by atoms with Crippen LogP contribution in [-0.4, -0.2) is 20.6 Å². The molecule has 1 rings (SSSR count). The third-order valence-electron chi connectivity index (χ3n) is 1.11. The van der Waals surface area contributed by atoms with Crippen LogP contribution in [0.25, 0.3) is 0 Å². The normalized spacial score (nSPS) is 8.45. The van der Waals surface area contributed by atoms with Crippen molar-refractivity contribution in [2.24, 2.45) is 7.05 Å². The maximum absolute atomic E-state index is 10.0. The number of hydrogen-bond acceptors (Lipinski definition) is 2. The van der Waals surface area contributed by atoms with Crippen molar-refractivity contribution in [2.75, 3.05) is 0 Å². The van der Waals surface area contributed by atoms with E-state index in [1.807, 2.05) is 5.92 Å². The van der Waals surface area contributed by atoms with Gasteiger partial charge >= 0.3 is 5.97 Å². The van der Waals surface area contributed by atoms with Gasteiger partial charge in [0.2, 0.25) is 0 Å². The Morgan fingerprint density at radius 2 is 2.55 bits per heavy atom. The minimum absolute atomic E-state index is 0.590. The van der Waals surface area contributed by atoms with Crippen LogP contribution in [0.15, 0.2) is 12.5 Å². The molecule has 56 valence electrons. The Labute approximate surface area is 63.5 Å². The smallest absolute Gasteiger partial charge is 0.382 e. The molecule has 4 heteroatoms. The summed E-state index contributed by atoms with van der Waals surface area (Å²) in [4.78, 5) is 13.8. The summed E-state index contributed by atoms with van der Waals surface area (Å²) >= 11 is 0. The monoisotopic (exact) mass is 150 g/mol. The quantitative estimate of drug-likeness (QED) is 0.523. The second kappa shape index (κ2) is 2.88. The molecule has 0 aromatic carbocycles. The van der Waals surface area contributed by atoms with E-state index in [0.717, 1.165) is 0 Å². The van der Waals surface area contributed by atoms with E-state index in [9.17, 15) is 4.79 Å². The van der Waals surface area contributed by atoms with Gasteiger partial charge in [0.25, 0.3) is 0 Å². The van der Waals surface area contributed by atoms with E-state index in [-0.39, 0.29) is 0 Å². The van der Waals surface area contributed by atoms with Crippen molar-refractivity contribution < 1.29 is 9.90 Å². The summed E-state index contributed by atoms with van der Waals surface area (Å²) in [5, 5.41) is 8.20. The van der Waals surface area contributed by atoms with E-state index < -0.39 is 5.97 Å². The van der Waals surface area contributed by atoms with Crippen LogP contribution in [0.5, 0.6) is 0 Å². The van der Waals surface area contributed by atoms with Crippen molar-refractivity contribution in [1.82, 2.24) is 9.55 Å². The molecule has 0 fully saturated rings. The van der Waals surface area contributed by atoms with E-state index in [1.54, 1.807) is 17.9 Å². The Kier molecular flexibility index (Phi) is 1.93. The molecule has 4 nitrogen and oxygen atoms in total. The molecule has 1 aromatic heterocycles. The molecular formula is C7H6N2O2. The number of carboxylic acid groups (broad SMARTS) is 1. The molecule has 0 saturated heterocycles. The predicted octanol–water partition coefficient (Wildman–Crippen LogP) is -0.144. The van der Waals surface area contributed by atoms with Crippen LogP contribution in [0, 0.1) is 11.8 Å². The van der Waals surface area contributed by atoms with Crippen molar-refractivity contribution in [2.45, 2.75) is 0 Å². The van der Waals surface area contributed by atoms with Gasteiger partial charge in [0, 0.05) is 13.0 Å². The summed E-state index contributed by atoms with van der Waals surface area (Å²) in [5.74, 6) is 3.30. The summed E-state index contributed by atoms with van der Waals surface area (Å²) < 4.78 is 1.65. The first-order chi connectivity index (χ1) is 5.20. The van der Waals surface area contributed by atoms with Gasteiger partial charge in [-0.2, -0.15) is 0 Å². The summed E-state index contributed by atoms with van der Waals surface area (Å²) in [6.07, 6.45) is 3.07. The van der Waals surface area contributed by atoms with Crippen LogP contribution in [0.2, 0.25) is 0 Å². The molecule has 1 aromatic rings. The number of hydrogen-bond donors (Lipinski definition) is 1. The maximum Gasteiger partial charge on any atom is 0.382 e. The molecule has 0 bridgehead atoms. The molecule has 0 saturated carbocycles. The second-order valence-electron chi connectivity index (χ2n) is 1.94. The van der Waals surface area contributed by atoms with Gasteiger partial charge in [-0.25, -0.2) is 9.78 Å². The molecule has 0 aliphatic rings. The van der Waals surface area contributed by atoms with Crippen LogP contribution >= 0.6 is 0 Å². The molecular weight excluding hydrogens is 144 g/mol. The molecule has 1 heterocycles. The van der Waals surface area contributed by atoms with Crippen LogP contribution in [-0.2, 0) is 11.8 Å². The summed E-state index contributed by atoms with van der Waals surface area (Å²) in [6, 6.07) is 0. The van der Waals surface area contributed by atoms with Crippen molar-refractivity contribution >= 4 is 5.97 Å². The molecule has 0 atom stereocenters. The highest BCUT2D eigenvalue weighted by atomic mass is 16.4. The average molecular weight is 150 g/mol. The summed E-state index contributed by atoms with van der Waals surface area (Å²) in [7, 11) is 1.75. The zero-order chi connectivity index (χ0) is 8.27. The van der Waals surface area contributed by atoms with E-state index >= 15 is 0 Å². The standard InChI is InChI=1S/C7H6N2O2/c1-9-5-8-4-6(9)2-3-7(10)11/h4-5H,1H3,(H,10,11). The van der Waals surface area contributed by atoms with Crippen LogP contribution in [0.3, 0.4) is 0 Å². The Bertz CT molecular complexity index is 330. The Hall–Kier alpha value is -1.76. The summed E-state index contributed by atoms with van der Waals surface area (Å²) in [6.45, 7) is 0. The van der Waals surface area contributed by atoms with Gasteiger partial charge in [-0.1, -0.05) is 0 Å². The molecule has 0 radical (unpaired) electrons. The number of aryl methyl sites for hydroxylation is 1. The van der Waals surface area contributed by atoms with Crippen LogP contribution in [0.4, 0.5) is 0 Å². The Morgan fingerprint density at radius 1 is 1.82 bits per heavy atom. The summed E-state index contributed by atoms with van der Waals surface area (Å²) in [5.41, 5.74) is 0.590. The Morgan fingerprint density at radius 3 is 3.00 bits per heavy atom. The largest absolute Gasteiger partial charge is 0.472 e. The van der Waals surface area contributed by atoms with Crippen LogP contribution in [0.1, 0.15) is 5.69 Å². The first-order valence-electron chi connectivity index (χ1n) is 2.91. The van der Waals surface area contributed by atoms with Gasteiger partial charge in [-0.05, 0) is 5.92 Å². The lowest BCUT2D eigenvalue weighted by Gasteiger charge is -1.87. The fraction of sp³-hybridized carbons (Fsp3) is 0.143. The SMILES string of the molecule is Cn1cncc1C#CC(=O)O. The van der Waals surface area contributed by atoms with E-state index in [2.05, 4.69) is 10.9 Å². The lowest BCUT2D eigenvalue weighted by atomic mass is 10.4. The number of carbonyl (C=O) groups is 1. The number of aromatic nitrogens is 2. The fourth-order valence-electron chi connectivity index (χ4n) is 0.595. The highest BCUT2D eigenvalue weighted by Crippen LogP contribution is 1.91. The third kappa shape index (κ3) is 1.83. The first kappa shape index (κ1) is 7.35. The zero-order valence-corrected chi connectivity index (χ0v) is 5.90. The van der Waals surface area contributed by atoms with Gasteiger partial charge < -0.3 is 9.67 Å².